The van der Waals surface area contributed by atoms with E-state index < -0.39 is 40.2 Å². The second-order valence-corrected chi connectivity index (χ2v) is 10.8. The third-order valence-corrected chi connectivity index (χ3v) is 7.96. The van der Waals surface area contributed by atoms with Gasteiger partial charge in [0.2, 0.25) is 11.8 Å². The molecule has 2 amide bonds. The molecule has 1 atom stereocenters. The predicted molar refractivity (Wildman–Crippen MR) is 149 cm³/mol. The topological polar surface area (TPSA) is 96.0 Å². The summed E-state index contributed by atoms with van der Waals surface area (Å²) >= 11 is 5.97. The maximum Gasteiger partial charge on any atom is 0.264 e. The Kier molecular flexibility index (Phi) is 10.3. The fourth-order valence-electron chi connectivity index (χ4n) is 3.90. The molecule has 0 radical (unpaired) electrons. The monoisotopic (exact) mass is 575 g/mol. The van der Waals surface area contributed by atoms with Gasteiger partial charge in [0, 0.05) is 23.7 Å². The van der Waals surface area contributed by atoms with Crippen LogP contribution in [-0.2, 0) is 26.2 Å². The third-order valence-electron chi connectivity index (χ3n) is 5.93. The van der Waals surface area contributed by atoms with E-state index in [1.165, 1.54) is 55.5 Å². The van der Waals surface area contributed by atoms with E-state index in [-0.39, 0.29) is 35.0 Å². The van der Waals surface area contributed by atoms with Crippen molar-refractivity contribution in [2.24, 2.45) is 0 Å². The van der Waals surface area contributed by atoms with Gasteiger partial charge in [0.25, 0.3) is 10.0 Å². The number of nitrogens with one attached hydrogen (secondary N) is 1. The number of amides is 2. The van der Waals surface area contributed by atoms with Gasteiger partial charge in [-0.05, 0) is 63.2 Å². The van der Waals surface area contributed by atoms with E-state index in [1.807, 2.05) is 0 Å². The Morgan fingerprint density at radius 2 is 1.64 bits per heavy atom. The summed E-state index contributed by atoms with van der Waals surface area (Å²) in [5, 5.41) is 3.01. The van der Waals surface area contributed by atoms with Crippen molar-refractivity contribution >= 4 is 39.1 Å². The van der Waals surface area contributed by atoms with Crippen LogP contribution in [0.3, 0.4) is 0 Å². The van der Waals surface area contributed by atoms with Crippen LogP contribution in [0.5, 0.6) is 5.75 Å². The standard InChI is InChI=1S/C28H31ClFN3O5S/c1-4-31-28(35)20(3)32(18-21-10-6-7-11-24(21)30)27(34)19-33(25-12-8-9-13-26(25)38-5-2)39(36,37)23-16-14-22(29)15-17-23/h6-17,20H,4-5,18-19H2,1-3H3,(H,31,35)/t20-/m0/s1. The summed E-state index contributed by atoms with van der Waals surface area (Å²) in [6.45, 7) is 4.66. The van der Waals surface area contributed by atoms with Crippen LogP contribution in [0.2, 0.25) is 5.02 Å². The van der Waals surface area contributed by atoms with Crippen LogP contribution in [0.4, 0.5) is 10.1 Å². The molecular formula is C28H31ClFN3O5S. The highest BCUT2D eigenvalue weighted by Gasteiger charge is 2.34. The average Bonchev–Trinajstić information content (AvgIpc) is 2.91. The van der Waals surface area contributed by atoms with Crippen LogP contribution in [0.15, 0.2) is 77.7 Å². The van der Waals surface area contributed by atoms with Gasteiger partial charge in [0.1, 0.15) is 24.2 Å². The maximum atomic E-state index is 14.6. The molecule has 3 aromatic rings. The lowest BCUT2D eigenvalue weighted by Gasteiger charge is -2.32. The molecule has 0 bridgehead atoms. The first kappa shape index (κ1) is 29.9. The minimum Gasteiger partial charge on any atom is -0.492 e. The van der Waals surface area contributed by atoms with Gasteiger partial charge in [-0.25, -0.2) is 12.8 Å². The number of likely N-dealkylation sites (N-methyl/N-ethyl adjacent to an activating group) is 1. The van der Waals surface area contributed by atoms with Crippen LogP contribution in [0.25, 0.3) is 0 Å². The molecule has 11 heteroatoms. The number of hydrogen-bond acceptors (Lipinski definition) is 5. The first-order valence-electron chi connectivity index (χ1n) is 12.4. The minimum atomic E-state index is -4.30. The van der Waals surface area contributed by atoms with Gasteiger partial charge < -0.3 is 15.0 Å². The van der Waals surface area contributed by atoms with Gasteiger partial charge in [-0.15, -0.1) is 0 Å². The molecule has 39 heavy (non-hydrogen) atoms. The minimum absolute atomic E-state index is 0.0940. The Labute approximate surface area is 233 Å². The van der Waals surface area contributed by atoms with E-state index in [2.05, 4.69) is 5.32 Å². The first-order chi connectivity index (χ1) is 18.6. The smallest absolute Gasteiger partial charge is 0.264 e. The van der Waals surface area contributed by atoms with Crippen LogP contribution < -0.4 is 14.4 Å². The molecule has 0 heterocycles. The van der Waals surface area contributed by atoms with Crippen molar-refractivity contribution in [2.75, 3.05) is 24.0 Å². The maximum absolute atomic E-state index is 14.6. The zero-order chi connectivity index (χ0) is 28.6. The average molecular weight is 576 g/mol. The van der Waals surface area contributed by atoms with Crippen molar-refractivity contribution in [1.82, 2.24) is 10.2 Å². The van der Waals surface area contributed by atoms with Crippen LogP contribution in [0.1, 0.15) is 26.3 Å². The predicted octanol–water partition coefficient (Wildman–Crippen LogP) is 4.63. The molecule has 0 aliphatic heterocycles. The summed E-state index contributed by atoms with van der Waals surface area (Å²) < 4.78 is 49.0. The molecular weight excluding hydrogens is 545 g/mol. The van der Waals surface area contributed by atoms with Crippen LogP contribution >= 0.6 is 11.6 Å². The van der Waals surface area contributed by atoms with Crippen LogP contribution in [-0.4, -0.2) is 50.9 Å². The first-order valence-corrected chi connectivity index (χ1v) is 14.2. The lowest BCUT2D eigenvalue weighted by molar-refractivity contribution is -0.139. The zero-order valence-electron chi connectivity index (χ0n) is 21.9. The van der Waals surface area contributed by atoms with Crippen LogP contribution in [0, 0.1) is 5.82 Å². The second kappa shape index (κ2) is 13.4. The normalized spacial score (nSPS) is 11.9. The summed E-state index contributed by atoms with van der Waals surface area (Å²) in [5.74, 6) is -1.46. The number of para-hydroxylation sites is 2. The Balaban J connectivity index is 2.09. The molecule has 0 spiro atoms. The molecule has 8 nitrogen and oxygen atoms in total. The highest BCUT2D eigenvalue weighted by Crippen LogP contribution is 2.33. The van der Waals surface area contributed by atoms with Crippen molar-refractivity contribution < 1.29 is 27.1 Å². The molecule has 0 aromatic heterocycles. The second-order valence-electron chi connectivity index (χ2n) is 8.55. The highest BCUT2D eigenvalue weighted by molar-refractivity contribution is 7.92. The van der Waals surface area contributed by atoms with Gasteiger partial charge in [-0.3, -0.25) is 13.9 Å². The molecule has 0 aliphatic carbocycles. The molecule has 0 fully saturated rings. The van der Waals surface area contributed by atoms with E-state index >= 15 is 0 Å². The number of carbonyl (C=O) groups is 2. The highest BCUT2D eigenvalue weighted by atomic mass is 35.5. The molecule has 0 aliphatic rings. The molecule has 0 saturated heterocycles. The summed E-state index contributed by atoms with van der Waals surface area (Å²) in [7, 11) is -4.30. The molecule has 208 valence electrons. The number of ether oxygens (including phenoxy) is 1. The Hall–Kier alpha value is -3.63. The largest absolute Gasteiger partial charge is 0.492 e. The summed E-state index contributed by atoms with van der Waals surface area (Å²) in [5.41, 5.74) is 0.322. The molecule has 0 saturated carbocycles. The van der Waals surface area contributed by atoms with E-state index in [4.69, 9.17) is 16.3 Å². The lowest BCUT2D eigenvalue weighted by atomic mass is 10.1. The van der Waals surface area contributed by atoms with Crippen molar-refractivity contribution in [3.8, 4) is 5.75 Å². The van der Waals surface area contributed by atoms with Gasteiger partial charge in [-0.1, -0.05) is 41.9 Å². The van der Waals surface area contributed by atoms with Gasteiger partial charge in [-0.2, -0.15) is 0 Å². The SMILES string of the molecule is CCNC(=O)[C@H](C)N(Cc1ccccc1F)C(=O)CN(c1ccccc1OCC)S(=O)(=O)c1ccc(Cl)cc1. The Morgan fingerprint density at radius 3 is 2.28 bits per heavy atom. The lowest BCUT2D eigenvalue weighted by Crippen LogP contribution is -2.51. The van der Waals surface area contributed by atoms with Gasteiger partial charge in [0.05, 0.1) is 17.2 Å². The summed E-state index contributed by atoms with van der Waals surface area (Å²) in [4.78, 5) is 27.7. The number of anilines is 1. The molecule has 3 aromatic carbocycles. The number of carbonyl (C=O) groups excluding carboxylic acids is 2. The van der Waals surface area contributed by atoms with Crippen molar-refractivity contribution in [3.05, 3.63) is 89.2 Å². The van der Waals surface area contributed by atoms with Crippen molar-refractivity contribution in [2.45, 2.75) is 38.3 Å². The van der Waals surface area contributed by atoms with E-state index in [0.29, 0.717) is 11.6 Å². The Bertz CT molecular complexity index is 1400. The molecule has 3 rings (SSSR count). The van der Waals surface area contributed by atoms with Crippen molar-refractivity contribution in [1.29, 1.82) is 0 Å². The number of benzene rings is 3. The van der Waals surface area contributed by atoms with Gasteiger partial charge >= 0.3 is 0 Å². The fourth-order valence-corrected chi connectivity index (χ4v) is 5.45. The fraction of sp³-hybridized carbons (Fsp3) is 0.286. The van der Waals surface area contributed by atoms with Gasteiger partial charge in [0.15, 0.2) is 0 Å². The Morgan fingerprint density at radius 1 is 1.00 bits per heavy atom. The van der Waals surface area contributed by atoms with E-state index in [0.717, 1.165) is 9.21 Å². The molecule has 0 unspecified atom stereocenters. The van der Waals surface area contributed by atoms with E-state index in [1.54, 1.807) is 38.1 Å². The number of halogens is 2. The zero-order valence-corrected chi connectivity index (χ0v) is 23.5. The quantitative estimate of drug-likeness (QED) is 0.340. The summed E-state index contributed by atoms with van der Waals surface area (Å²) in [6.07, 6.45) is 0. The van der Waals surface area contributed by atoms with Crippen molar-refractivity contribution in [3.63, 3.8) is 0 Å². The number of sulfonamides is 1. The van der Waals surface area contributed by atoms with E-state index in [9.17, 15) is 22.4 Å². The number of rotatable bonds is 12. The third kappa shape index (κ3) is 7.27. The number of nitrogens with zero attached hydrogens (tertiary/aromatic N) is 2. The summed E-state index contributed by atoms with van der Waals surface area (Å²) in [6, 6.07) is 16.9. The molecule has 1 N–H and O–H groups in total. The number of hydrogen-bond donors (Lipinski definition) is 1.